The van der Waals surface area contributed by atoms with Gasteiger partial charge in [0.05, 0.1) is 0 Å². The molecule has 0 bridgehead atoms. The van der Waals surface area contributed by atoms with E-state index < -0.39 is 11.6 Å². The van der Waals surface area contributed by atoms with Gasteiger partial charge in [-0.1, -0.05) is 162 Å². The average molecular weight is 838 g/mol. The van der Waals surface area contributed by atoms with Crippen LogP contribution in [0.1, 0.15) is 99.9 Å². The minimum absolute atomic E-state index is 0.0357. The van der Waals surface area contributed by atoms with E-state index in [1.807, 2.05) is 98.8 Å². The fourth-order valence-corrected chi connectivity index (χ4v) is 7.86. The maximum atomic E-state index is 6.56. The Morgan fingerprint density at radius 1 is 0.467 bits per heavy atom. The van der Waals surface area contributed by atoms with Crippen molar-refractivity contribution >= 4 is 34.3 Å². The Kier molecular flexibility index (Phi) is 12.5. The van der Waals surface area contributed by atoms with Crippen molar-refractivity contribution in [3.63, 3.8) is 0 Å². The second-order valence-corrected chi connectivity index (χ2v) is 18.1. The molecular weight excluding hydrogens is 783 g/mol. The fourth-order valence-electron chi connectivity index (χ4n) is 7.61. The second-order valence-electron chi connectivity index (χ2n) is 17.2. The first kappa shape index (κ1) is 43.0. The van der Waals surface area contributed by atoms with E-state index in [0.29, 0.717) is 23.3 Å². The third-order valence-electron chi connectivity index (χ3n) is 10.8. The number of hydrogen-bond donors (Lipinski definition) is 0. The highest BCUT2D eigenvalue weighted by atomic mass is 35.5. The van der Waals surface area contributed by atoms with Crippen LogP contribution in [0.3, 0.4) is 0 Å². The van der Waals surface area contributed by atoms with E-state index >= 15 is 0 Å². The molecule has 308 valence electrons. The number of fused-ring (bicyclic) bond motifs is 2. The lowest BCUT2D eigenvalue weighted by molar-refractivity contribution is -0.152. The highest BCUT2D eigenvalue weighted by Gasteiger charge is 2.40. The summed E-state index contributed by atoms with van der Waals surface area (Å²) in [6.45, 7) is 18.3. The predicted molar refractivity (Wildman–Crippen MR) is 248 cm³/mol. The van der Waals surface area contributed by atoms with Crippen molar-refractivity contribution in [2.24, 2.45) is 0 Å². The van der Waals surface area contributed by atoms with Crippen LogP contribution in [0.25, 0.3) is 11.1 Å². The summed E-state index contributed by atoms with van der Waals surface area (Å²) < 4.78 is 25.7. The van der Waals surface area contributed by atoms with Crippen molar-refractivity contribution in [3.05, 3.63) is 212 Å². The van der Waals surface area contributed by atoms with Crippen molar-refractivity contribution in [2.45, 2.75) is 77.8 Å². The van der Waals surface area contributed by atoms with Crippen molar-refractivity contribution in [1.29, 1.82) is 0 Å². The van der Waals surface area contributed by atoms with E-state index in [-0.39, 0.29) is 10.8 Å². The monoisotopic (exact) mass is 836 g/mol. The lowest BCUT2D eigenvalue weighted by Crippen LogP contribution is -2.37. The van der Waals surface area contributed by atoms with Crippen LogP contribution >= 0.6 is 23.2 Å². The van der Waals surface area contributed by atoms with Crippen molar-refractivity contribution in [3.8, 4) is 11.5 Å². The Hall–Kier alpha value is -5.10. The Bertz CT molecular complexity index is 2300. The van der Waals surface area contributed by atoms with Gasteiger partial charge < -0.3 is 18.9 Å². The van der Waals surface area contributed by atoms with Gasteiger partial charge >= 0.3 is 0 Å². The summed E-state index contributed by atoms with van der Waals surface area (Å²) in [6.07, 6.45) is 4.20. The van der Waals surface area contributed by atoms with Crippen LogP contribution in [-0.2, 0) is 31.9 Å². The summed E-state index contributed by atoms with van der Waals surface area (Å²) in [5.41, 5.74) is 11.0. The van der Waals surface area contributed by atoms with Crippen LogP contribution in [-0.4, -0.2) is 13.2 Å². The molecule has 0 radical (unpaired) electrons. The maximum absolute atomic E-state index is 6.56. The molecule has 0 amide bonds. The van der Waals surface area contributed by atoms with Gasteiger partial charge in [-0.2, -0.15) is 0 Å². The van der Waals surface area contributed by atoms with Crippen molar-refractivity contribution in [2.75, 3.05) is 13.2 Å². The molecule has 6 heteroatoms. The normalized spacial score (nSPS) is 18.4. The zero-order valence-electron chi connectivity index (χ0n) is 35.8. The van der Waals surface area contributed by atoms with Gasteiger partial charge in [-0.05, 0) is 107 Å². The first-order chi connectivity index (χ1) is 28.6. The van der Waals surface area contributed by atoms with E-state index in [1.54, 1.807) is 0 Å². The van der Waals surface area contributed by atoms with E-state index in [9.17, 15) is 0 Å². The van der Waals surface area contributed by atoms with Crippen LogP contribution in [0.2, 0.25) is 10.0 Å². The Balaban J connectivity index is 0.000000181. The third-order valence-corrected chi connectivity index (χ3v) is 11.3. The van der Waals surface area contributed by atoms with E-state index in [4.69, 9.17) is 42.1 Å². The molecule has 0 spiro atoms. The molecule has 8 rings (SSSR count). The number of ether oxygens (including phenoxy) is 4. The van der Waals surface area contributed by atoms with Gasteiger partial charge in [0.15, 0.2) is 0 Å². The molecule has 0 aromatic heterocycles. The molecular formula is C54H54Cl2O4. The largest absolute Gasteiger partial charge is 0.454 e. The summed E-state index contributed by atoms with van der Waals surface area (Å²) in [6, 6.07) is 49.0. The third kappa shape index (κ3) is 9.13. The van der Waals surface area contributed by atoms with Gasteiger partial charge in [0.25, 0.3) is 11.6 Å². The van der Waals surface area contributed by atoms with Gasteiger partial charge in [0.1, 0.15) is 11.5 Å². The summed E-state index contributed by atoms with van der Waals surface area (Å²) in [5.74, 6) is -0.344. The summed E-state index contributed by atoms with van der Waals surface area (Å²) in [5, 5.41) is 1.43. The molecule has 0 saturated heterocycles. The molecule has 0 unspecified atom stereocenters. The molecule has 60 heavy (non-hydrogen) atoms. The SMILES string of the molecule is CCO[C@@]1(c2ccccc2)C=C(c2ccc(Cl)cc2)c2cc(C(C)(C)C)ccc2O1.CCO[C@@]1(c2ccccc2)C=C(c2ccc(Cl)cc2)c2cc(C(C)(C)C)ccc2O1. The van der Waals surface area contributed by atoms with Gasteiger partial charge in [0.2, 0.25) is 0 Å². The molecule has 6 aromatic rings. The van der Waals surface area contributed by atoms with Gasteiger partial charge in [-0.3, -0.25) is 0 Å². The lowest BCUT2D eigenvalue weighted by Gasteiger charge is -2.37. The van der Waals surface area contributed by atoms with Gasteiger partial charge in [-0.25, -0.2) is 0 Å². The molecule has 0 saturated carbocycles. The zero-order chi connectivity index (χ0) is 42.7. The van der Waals surface area contributed by atoms with Crippen LogP contribution < -0.4 is 9.47 Å². The lowest BCUT2D eigenvalue weighted by atomic mass is 9.83. The maximum Gasteiger partial charge on any atom is 0.258 e. The van der Waals surface area contributed by atoms with E-state index in [2.05, 4.69) is 114 Å². The fraction of sp³-hybridized carbons (Fsp3) is 0.259. The molecule has 4 nitrogen and oxygen atoms in total. The van der Waals surface area contributed by atoms with Crippen LogP contribution in [0.4, 0.5) is 0 Å². The van der Waals surface area contributed by atoms with E-state index in [1.165, 1.54) is 11.1 Å². The number of benzene rings is 6. The summed E-state index contributed by atoms with van der Waals surface area (Å²) in [4.78, 5) is 0. The molecule has 2 atom stereocenters. The Morgan fingerprint density at radius 3 is 1.13 bits per heavy atom. The van der Waals surface area contributed by atoms with Crippen molar-refractivity contribution < 1.29 is 18.9 Å². The Labute approximate surface area is 366 Å². The van der Waals surface area contributed by atoms with Gasteiger partial charge in [0, 0.05) is 57.7 Å². The molecule has 0 N–H and O–H groups in total. The molecule has 0 fully saturated rings. The topological polar surface area (TPSA) is 36.9 Å². The minimum atomic E-state index is -0.985. The Morgan fingerprint density at radius 2 is 0.817 bits per heavy atom. The molecule has 2 heterocycles. The predicted octanol–water partition coefficient (Wildman–Crippen LogP) is 14.7. The molecule has 2 aliphatic rings. The minimum Gasteiger partial charge on any atom is -0.454 e. The van der Waals surface area contributed by atoms with Crippen LogP contribution in [0.5, 0.6) is 11.5 Å². The average Bonchev–Trinajstić information content (AvgIpc) is 3.24. The number of hydrogen-bond acceptors (Lipinski definition) is 4. The first-order valence-electron chi connectivity index (χ1n) is 20.7. The highest BCUT2D eigenvalue weighted by Crippen LogP contribution is 2.47. The number of halogens is 2. The second kappa shape index (κ2) is 17.5. The molecule has 0 aliphatic carbocycles. The van der Waals surface area contributed by atoms with E-state index in [0.717, 1.165) is 56.0 Å². The van der Waals surface area contributed by atoms with Gasteiger partial charge in [-0.15, -0.1) is 0 Å². The summed E-state index contributed by atoms with van der Waals surface area (Å²) >= 11 is 12.3. The van der Waals surface area contributed by atoms with Crippen molar-refractivity contribution in [1.82, 2.24) is 0 Å². The highest BCUT2D eigenvalue weighted by molar-refractivity contribution is 6.30. The van der Waals surface area contributed by atoms with Crippen LogP contribution in [0.15, 0.2) is 158 Å². The molecule has 2 aliphatic heterocycles. The quantitative estimate of drug-likeness (QED) is 0.153. The standard InChI is InChI=1S/2C27H27ClO2/c2*1-5-29-27(20-9-7-6-8-10-20)18-24(19-11-14-22(28)15-12-19)23-17-21(26(2,3)4)13-16-25(23)30-27/h2*6-18H,5H2,1-4H3/t2*27-/m00/s1. The number of rotatable bonds is 8. The van der Waals surface area contributed by atoms with Crippen LogP contribution in [0, 0.1) is 0 Å². The first-order valence-corrected chi connectivity index (χ1v) is 21.4. The smallest absolute Gasteiger partial charge is 0.258 e. The molecule has 6 aromatic carbocycles. The zero-order valence-corrected chi connectivity index (χ0v) is 37.3. The summed E-state index contributed by atoms with van der Waals surface area (Å²) in [7, 11) is 0.